The van der Waals surface area contributed by atoms with Crippen LogP contribution < -0.4 is 5.32 Å². The summed E-state index contributed by atoms with van der Waals surface area (Å²) >= 11 is 4.21. The van der Waals surface area contributed by atoms with Gasteiger partial charge >= 0.3 is 0 Å². The van der Waals surface area contributed by atoms with Crippen LogP contribution in [0.4, 0.5) is 0 Å². The molecule has 0 aliphatic carbocycles. The van der Waals surface area contributed by atoms with E-state index in [0.717, 1.165) is 0 Å². The molecule has 1 aliphatic rings. The van der Waals surface area contributed by atoms with Gasteiger partial charge in [0.2, 0.25) is 0 Å². The van der Waals surface area contributed by atoms with Gasteiger partial charge in [0.1, 0.15) is 0 Å². The predicted molar refractivity (Wildman–Crippen MR) is 85.8 cm³/mol. The quantitative estimate of drug-likeness (QED) is 0.883. The minimum atomic E-state index is 0.499. The second-order valence-corrected chi connectivity index (χ2v) is 7.24. The van der Waals surface area contributed by atoms with Crippen LogP contribution in [0.5, 0.6) is 0 Å². The number of nitrogens with one attached hydrogen (secondary N) is 1. The topological polar surface area (TPSA) is 12.0 Å². The molecule has 1 fully saturated rings. The normalized spacial score (nSPS) is 21.8. The second-order valence-electron chi connectivity index (χ2n) is 4.74. The lowest BCUT2D eigenvalue weighted by atomic mass is 10.0. The van der Waals surface area contributed by atoms with Crippen molar-refractivity contribution in [2.24, 2.45) is 0 Å². The third-order valence-corrected chi connectivity index (χ3v) is 6.27. The highest BCUT2D eigenvalue weighted by atomic mass is 32.2. The van der Waals surface area contributed by atoms with Crippen molar-refractivity contribution in [3.05, 3.63) is 35.4 Å². The highest BCUT2D eigenvalue weighted by Crippen LogP contribution is 2.33. The Hall–Kier alpha value is -0.120. The maximum atomic E-state index is 3.51. The Morgan fingerprint density at radius 1 is 1.28 bits per heavy atom. The van der Waals surface area contributed by atoms with E-state index in [-0.39, 0.29) is 0 Å². The number of hydrogen-bond acceptors (Lipinski definition) is 3. The molecule has 0 radical (unpaired) electrons. The van der Waals surface area contributed by atoms with E-state index in [0.29, 0.717) is 11.3 Å². The van der Waals surface area contributed by atoms with Crippen molar-refractivity contribution in [3.8, 4) is 0 Å². The Bertz CT molecular complexity index is 344. The first-order chi connectivity index (χ1) is 8.85. The Kier molecular flexibility index (Phi) is 5.93. The van der Waals surface area contributed by atoms with Gasteiger partial charge in [0.25, 0.3) is 0 Å². The van der Waals surface area contributed by atoms with Crippen molar-refractivity contribution in [1.29, 1.82) is 0 Å². The Morgan fingerprint density at radius 2 is 2.06 bits per heavy atom. The highest BCUT2D eigenvalue weighted by molar-refractivity contribution is 8.06. The number of aryl methyl sites for hydroxylation is 1. The first-order valence-corrected chi connectivity index (χ1v) is 9.01. The zero-order chi connectivity index (χ0) is 12.8. The Labute approximate surface area is 120 Å². The zero-order valence-electron chi connectivity index (χ0n) is 11.3. The molecule has 3 heteroatoms. The molecule has 1 heterocycles. The van der Waals surface area contributed by atoms with E-state index >= 15 is 0 Å². The lowest BCUT2D eigenvalue weighted by Gasteiger charge is -2.29. The predicted octanol–water partition coefficient (Wildman–Crippen LogP) is 3.75. The molecule has 0 amide bonds. The van der Waals surface area contributed by atoms with Crippen LogP contribution in [-0.2, 0) is 6.42 Å². The molecule has 100 valence electrons. The van der Waals surface area contributed by atoms with E-state index < -0.39 is 0 Å². The average molecular weight is 281 g/mol. The van der Waals surface area contributed by atoms with E-state index in [4.69, 9.17) is 0 Å². The molecule has 2 unspecified atom stereocenters. The monoisotopic (exact) mass is 281 g/mol. The molecular formula is C15H23NS2. The molecule has 0 spiro atoms. The molecule has 1 aromatic carbocycles. The third kappa shape index (κ3) is 3.69. The van der Waals surface area contributed by atoms with Crippen LogP contribution in [-0.4, -0.2) is 29.6 Å². The lowest BCUT2D eigenvalue weighted by Crippen LogP contribution is -2.31. The van der Waals surface area contributed by atoms with Gasteiger partial charge in [-0.05, 0) is 24.6 Å². The summed E-state index contributed by atoms with van der Waals surface area (Å²) < 4.78 is 0. The second kappa shape index (κ2) is 7.46. The first kappa shape index (κ1) is 14.3. The molecule has 18 heavy (non-hydrogen) atoms. The molecule has 0 saturated carbocycles. The number of thioether (sulfide) groups is 2. The molecule has 2 rings (SSSR count). The SMILES string of the molecule is CCCc1ccc(C(NC)C2CSCCS2)cc1. The van der Waals surface area contributed by atoms with Crippen molar-refractivity contribution < 1.29 is 0 Å². The van der Waals surface area contributed by atoms with Gasteiger partial charge in [0.15, 0.2) is 0 Å². The van der Waals surface area contributed by atoms with Crippen LogP contribution in [0.3, 0.4) is 0 Å². The standard InChI is InChI=1S/C15H23NS2/c1-3-4-12-5-7-13(8-6-12)15(16-2)14-11-17-9-10-18-14/h5-8,14-16H,3-4,9-11H2,1-2H3. The van der Waals surface area contributed by atoms with Gasteiger partial charge in [0, 0.05) is 28.6 Å². The third-order valence-electron chi connectivity index (χ3n) is 3.40. The van der Waals surface area contributed by atoms with E-state index in [1.807, 2.05) is 0 Å². The number of rotatable bonds is 5. The van der Waals surface area contributed by atoms with Crippen LogP contribution in [0, 0.1) is 0 Å². The number of benzene rings is 1. The summed E-state index contributed by atoms with van der Waals surface area (Å²) in [4.78, 5) is 0. The summed E-state index contributed by atoms with van der Waals surface area (Å²) in [6.07, 6.45) is 2.42. The molecule has 1 aliphatic heterocycles. The number of hydrogen-bond donors (Lipinski definition) is 1. The Balaban J connectivity index is 2.06. The summed E-state index contributed by atoms with van der Waals surface area (Å²) in [6, 6.07) is 9.71. The highest BCUT2D eigenvalue weighted by Gasteiger charge is 2.24. The summed E-state index contributed by atoms with van der Waals surface area (Å²) in [7, 11) is 2.09. The van der Waals surface area contributed by atoms with Gasteiger partial charge in [-0.1, -0.05) is 37.6 Å². The molecule has 1 nitrogen and oxygen atoms in total. The van der Waals surface area contributed by atoms with Gasteiger partial charge in [-0.15, -0.1) is 0 Å². The lowest BCUT2D eigenvalue weighted by molar-refractivity contribution is 0.592. The van der Waals surface area contributed by atoms with Gasteiger partial charge in [-0.25, -0.2) is 0 Å². The van der Waals surface area contributed by atoms with Gasteiger partial charge in [-0.2, -0.15) is 23.5 Å². The summed E-state index contributed by atoms with van der Waals surface area (Å²) in [5.74, 6) is 3.88. The van der Waals surface area contributed by atoms with Crippen LogP contribution in [0.25, 0.3) is 0 Å². The van der Waals surface area contributed by atoms with Crippen molar-refractivity contribution in [2.45, 2.75) is 31.1 Å². The van der Waals surface area contributed by atoms with Crippen molar-refractivity contribution in [3.63, 3.8) is 0 Å². The van der Waals surface area contributed by atoms with Gasteiger partial charge in [0.05, 0.1) is 0 Å². The van der Waals surface area contributed by atoms with Gasteiger partial charge in [-0.3, -0.25) is 0 Å². The maximum Gasteiger partial charge on any atom is 0.0446 e. The smallest absolute Gasteiger partial charge is 0.0446 e. The molecule has 0 bridgehead atoms. The fourth-order valence-corrected chi connectivity index (χ4v) is 5.36. The molecular weight excluding hydrogens is 258 g/mol. The molecule has 1 saturated heterocycles. The summed E-state index contributed by atoms with van der Waals surface area (Å²) in [5.41, 5.74) is 2.90. The summed E-state index contributed by atoms with van der Waals surface area (Å²) in [6.45, 7) is 2.24. The Morgan fingerprint density at radius 3 is 2.61 bits per heavy atom. The average Bonchev–Trinajstić information content (AvgIpc) is 2.43. The van der Waals surface area contributed by atoms with Crippen molar-refractivity contribution >= 4 is 23.5 Å². The van der Waals surface area contributed by atoms with Gasteiger partial charge < -0.3 is 5.32 Å². The maximum absolute atomic E-state index is 3.51. The first-order valence-electron chi connectivity index (χ1n) is 6.80. The minimum Gasteiger partial charge on any atom is -0.312 e. The summed E-state index contributed by atoms with van der Waals surface area (Å²) in [5, 5.41) is 4.22. The van der Waals surface area contributed by atoms with Crippen molar-refractivity contribution in [2.75, 3.05) is 24.3 Å². The fourth-order valence-electron chi connectivity index (χ4n) is 2.45. The largest absolute Gasteiger partial charge is 0.312 e. The van der Waals surface area contributed by atoms with Crippen LogP contribution in [0.1, 0.15) is 30.5 Å². The molecule has 1 N–H and O–H groups in total. The van der Waals surface area contributed by atoms with Crippen LogP contribution in [0.15, 0.2) is 24.3 Å². The minimum absolute atomic E-state index is 0.499. The van der Waals surface area contributed by atoms with E-state index in [9.17, 15) is 0 Å². The fraction of sp³-hybridized carbons (Fsp3) is 0.600. The molecule has 2 atom stereocenters. The van der Waals surface area contributed by atoms with E-state index in [1.165, 1.54) is 41.2 Å². The van der Waals surface area contributed by atoms with Crippen LogP contribution >= 0.6 is 23.5 Å². The zero-order valence-corrected chi connectivity index (χ0v) is 12.9. The van der Waals surface area contributed by atoms with Crippen molar-refractivity contribution in [1.82, 2.24) is 5.32 Å². The molecule has 0 aromatic heterocycles. The van der Waals surface area contributed by atoms with Crippen LogP contribution in [0.2, 0.25) is 0 Å². The van der Waals surface area contributed by atoms with E-state index in [1.54, 1.807) is 0 Å². The molecule has 1 aromatic rings. The van der Waals surface area contributed by atoms with E-state index in [2.05, 4.69) is 67.1 Å².